The zero-order chi connectivity index (χ0) is 17.4. The van der Waals surface area contributed by atoms with Crippen LogP contribution in [0.1, 0.15) is 32.6 Å². The van der Waals surface area contributed by atoms with E-state index in [1.807, 2.05) is 0 Å². The first-order chi connectivity index (χ1) is 12.4. The summed E-state index contributed by atoms with van der Waals surface area (Å²) in [5, 5.41) is 0. The van der Waals surface area contributed by atoms with Crippen LogP contribution in [-0.2, 0) is 0 Å². The topological polar surface area (TPSA) is 0 Å². The standard InChI is InChI=1S/C24H28N.BrH/c1-2-3-4-14-21-25(22-15-8-5-9-16-22,23-17-10-6-11-18-23)24-19-12-7-13-20-24;/h5-13,15-20H,2-4,14,21H2,1H3;1H/q+1;/p-1. The number of hydrogen-bond donors (Lipinski definition) is 0. The first-order valence-corrected chi connectivity index (χ1v) is 9.43. The van der Waals surface area contributed by atoms with E-state index in [0.717, 1.165) is 11.0 Å². The van der Waals surface area contributed by atoms with Gasteiger partial charge in [-0.15, -0.1) is 0 Å². The van der Waals surface area contributed by atoms with Crippen LogP contribution in [0.25, 0.3) is 0 Å². The van der Waals surface area contributed by atoms with Gasteiger partial charge in [0.15, 0.2) is 0 Å². The monoisotopic (exact) mass is 409 g/mol. The number of hydrogen-bond acceptors (Lipinski definition) is 0. The summed E-state index contributed by atoms with van der Waals surface area (Å²) in [6, 6.07) is 32.8. The highest BCUT2D eigenvalue weighted by Gasteiger charge is 2.35. The van der Waals surface area contributed by atoms with E-state index in [9.17, 15) is 0 Å². The molecular formula is C24H28BrN. The van der Waals surface area contributed by atoms with Gasteiger partial charge in [0.2, 0.25) is 0 Å². The Morgan fingerprint density at radius 3 is 1.27 bits per heavy atom. The van der Waals surface area contributed by atoms with E-state index >= 15 is 0 Å². The first kappa shape index (κ1) is 20.4. The molecule has 3 aromatic rings. The molecule has 3 aromatic carbocycles. The maximum Gasteiger partial charge on any atom is 0.143 e. The molecule has 3 rings (SSSR count). The van der Waals surface area contributed by atoms with E-state index in [2.05, 4.69) is 97.9 Å². The summed E-state index contributed by atoms with van der Waals surface area (Å²) >= 11 is 0. The molecule has 26 heavy (non-hydrogen) atoms. The van der Waals surface area contributed by atoms with Gasteiger partial charge in [0.1, 0.15) is 17.1 Å². The zero-order valence-corrected chi connectivity index (χ0v) is 17.1. The van der Waals surface area contributed by atoms with Crippen LogP contribution in [0.4, 0.5) is 17.1 Å². The lowest BCUT2D eigenvalue weighted by Gasteiger charge is -2.37. The summed E-state index contributed by atoms with van der Waals surface area (Å²) in [4.78, 5) is 0. The number of halogens is 1. The third-order valence-electron chi connectivity index (χ3n) is 4.94. The average molecular weight is 410 g/mol. The van der Waals surface area contributed by atoms with Gasteiger partial charge in [-0.3, -0.25) is 0 Å². The molecule has 0 bridgehead atoms. The predicted molar refractivity (Wildman–Crippen MR) is 109 cm³/mol. The molecule has 0 radical (unpaired) electrons. The first-order valence-electron chi connectivity index (χ1n) is 9.43. The molecule has 0 N–H and O–H groups in total. The quantitative estimate of drug-likeness (QED) is 0.385. The number of rotatable bonds is 8. The van der Waals surface area contributed by atoms with Crippen molar-refractivity contribution in [2.75, 3.05) is 6.54 Å². The van der Waals surface area contributed by atoms with Crippen molar-refractivity contribution in [1.29, 1.82) is 0 Å². The largest absolute Gasteiger partial charge is 1.00 e. The van der Waals surface area contributed by atoms with Crippen LogP contribution < -0.4 is 21.5 Å². The van der Waals surface area contributed by atoms with Gasteiger partial charge in [0, 0.05) is 0 Å². The van der Waals surface area contributed by atoms with Crippen LogP contribution in [0.3, 0.4) is 0 Å². The number of quaternary nitrogens is 1. The maximum atomic E-state index is 2.27. The van der Waals surface area contributed by atoms with Crippen LogP contribution in [0.15, 0.2) is 91.0 Å². The Bertz CT molecular complexity index is 644. The lowest BCUT2D eigenvalue weighted by Crippen LogP contribution is -3.00. The zero-order valence-electron chi connectivity index (χ0n) is 15.5. The van der Waals surface area contributed by atoms with Crippen molar-refractivity contribution < 1.29 is 17.0 Å². The van der Waals surface area contributed by atoms with E-state index in [4.69, 9.17) is 0 Å². The van der Waals surface area contributed by atoms with Crippen LogP contribution in [0.2, 0.25) is 0 Å². The molecule has 2 heteroatoms. The summed E-state index contributed by atoms with van der Waals surface area (Å²) in [5.41, 5.74) is 3.99. The Labute approximate surface area is 168 Å². The fourth-order valence-electron chi connectivity index (χ4n) is 3.66. The van der Waals surface area contributed by atoms with Crippen LogP contribution in [0, 0.1) is 0 Å². The number of para-hydroxylation sites is 3. The van der Waals surface area contributed by atoms with Crippen molar-refractivity contribution >= 4 is 17.1 Å². The Kier molecular flexibility index (Phi) is 8.08. The molecule has 0 saturated carbocycles. The number of unbranched alkanes of at least 4 members (excludes halogenated alkanes) is 3. The molecule has 0 aliphatic carbocycles. The molecule has 0 aromatic heterocycles. The minimum atomic E-state index is 0. The molecule has 136 valence electrons. The summed E-state index contributed by atoms with van der Waals surface area (Å²) < 4.78 is 0.784. The Hall–Kier alpha value is -1.90. The third-order valence-corrected chi connectivity index (χ3v) is 4.94. The highest BCUT2D eigenvalue weighted by atomic mass is 79.9. The lowest BCUT2D eigenvalue weighted by atomic mass is 10.1. The van der Waals surface area contributed by atoms with Gasteiger partial charge < -0.3 is 17.0 Å². The normalized spacial score (nSPS) is 11.0. The number of benzene rings is 3. The van der Waals surface area contributed by atoms with Gasteiger partial charge in [-0.25, -0.2) is 4.48 Å². The van der Waals surface area contributed by atoms with Crippen LogP contribution in [0.5, 0.6) is 0 Å². The van der Waals surface area contributed by atoms with Gasteiger partial charge in [0.25, 0.3) is 0 Å². The van der Waals surface area contributed by atoms with Crippen molar-refractivity contribution in [2.24, 2.45) is 0 Å². The molecule has 0 heterocycles. The lowest BCUT2D eigenvalue weighted by molar-refractivity contribution is -0.00000503. The SMILES string of the molecule is CCCCCC[N+](c1ccccc1)(c1ccccc1)c1ccccc1.[Br-]. The van der Waals surface area contributed by atoms with E-state index in [1.165, 1.54) is 42.7 Å². The summed E-state index contributed by atoms with van der Waals surface area (Å²) in [7, 11) is 0. The minimum absolute atomic E-state index is 0. The molecule has 0 fully saturated rings. The molecule has 0 aliphatic rings. The third kappa shape index (κ3) is 4.44. The second kappa shape index (κ2) is 10.3. The smallest absolute Gasteiger partial charge is 0.143 e. The van der Waals surface area contributed by atoms with Crippen molar-refractivity contribution in [1.82, 2.24) is 4.48 Å². The fraction of sp³-hybridized carbons (Fsp3) is 0.250. The molecule has 0 atom stereocenters. The van der Waals surface area contributed by atoms with E-state index in [-0.39, 0.29) is 17.0 Å². The Balaban J connectivity index is 0.00000243. The van der Waals surface area contributed by atoms with Crippen molar-refractivity contribution in [3.05, 3.63) is 91.0 Å². The van der Waals surface area contributed by atoms with Crippen LogP contribution >= 0.6 is 0 Å². The Morgan fingerprint density at radius 1 is 0.538 bits per heavy atom. The van der Waals surface area contributed by atoms with E-state index in [0.29, 0.717) is 0 Å². The van der Waals surface area contributed by atoms with Gasteiger partial charge in [-0.1, -0.05) is 74.4 Å². The summed E-state index contributed by atoms with van der Waals surface area (Å²) in [6.07, 6.45) is 5.07. The summed E-state index contributed by atoms with van der Waals surface area (Å²) in [5.74, 6) is 0. The molecule has 1 nitrogen and oxygen atoms in total. The fourth-order valence-corrected chi connectivity index (χ4v) is 3.66. The van der Waals surface area contributed by atoms with Gasteiger partial charge in [-0.2, -0.15) is 0 Å². The van der Waals surface area contributed by atoms with E-state index in [1.54, 1.807) is 0 Å². The maximum absolute atomic E-state index is 2.27. The Morgan fingerprint density at radius 2 is 0.923 bits per heavy atom. The van der Waals surface area contributed by atoms with Crippen molar-refractivity contribution in [3.63, 3.8) is 0 Å². The minimum Gasteiger partial charge on any atom is -1.00 e. The molecule has 0 aliphatic heterocycles. The second-order valence-corrected chi connectivity index (χ2v) is 6.60. The molecule has 0 unspecified atom stereocenters. The highest BCUT2D eigenvalue weighted by molar-refractivity contribution is 5.70. The van der Waals surface area contributed by atoms with Gasteiger partial charge in [0.05, 0.1) is 6.54 Å². The molecule has 0 spiro atoms. The second-order valence-electron chi connectivity index (χ2n) is 6.60. The van der Waals surface area contributed by atoms with Gasteiger partial charge in [-0.05, 0) is 49.2 Å². The van der Waals surface area contributed by atoms with Crippen LogP contribution in [-0.4, -0.2) is 6.54 Å². The molecular weight excluding hydrogens is 382 g/mol. The van der Waals surface area contributed by atoms with Crippen molar-refractivity contribution in [2.45, 2.75) is 32.6 Å². The highest BCUT2D eigenvalue weighted by Crippen LogP contribution is 2.43. The average Bonchev–Trinajstić information content (AvgIpc) is 2.70. The predicted octanol–water partition coefficient (Wildman–Crippen LogP) is 4.24. The molecule has 0 amide bonds. The number of nitrogens with zero attached hydrogens (tertiary/aromatic N) is 1. The van der Waals surface area contributed by atoms with E-state index < -0.39 is 0 Å². The van der Waals surface area contributed by atoms with Gasteiger partial charge >= 0.3 is 0 Å². The van der Waals surface area contributed by atoms with Crippen molar-refractivity contribution in [3.8, 4) is 0 Å². The molecule has 0 saturated heterocycles. The summed E-state index contributed by atoms with van der Waals surface area (Å²) in [6.45, 7) is 3.35.